The Morgan fingerprint density at radius 2 is 2.08 bits per heavy atom. The minimum Gasteiger partial charge on any atom is -0.477 e. The van der Waals surface area contributed by atoms with Crippen LogP contribution < -0.4 is 26.1 Å². The number of nitrogens with two attached hydrogens (primary N) is 1. The van der Waals surface area contributed by atoms with Gasteiger partial charge in [0.15, 0.2) is 17.3 Å². The van der Waals surface area contributed by atoms with Crippen LogP contribution in [-0.2, 0) is 4.79 Å². The van der Waals surface area contributed by atoms with Crippen molar-refractivity contribution >= 4 is 40.9 Å². The van der Waals surface area contributed by atoms with E-state index in [-0.39, 0.29) is 40.7 Å². The van der Waals surface area contributed by atoms with Crippen molar-refractivity contribution in [3.63, 3.8) is 0 Å². The lowest BCUT2D eigenvalue weighted by Crippen LogP contribution is -2.50. The fourth-order valence-electron chi connectivity index (χ4n) is 4.87. The number of benzene rings is 2. The number of halogens is 2. The Balaban J connectivity index is 0.00000304. The molecule has 2 aliphatic rings. The summed E-state index contributed by atoms with van der Waals surface area (Å²) in [6.45, 7) is 2.39. The van der Waals surface area contributed by atoms with Crippen LogP contribution in [0.1, 0.15) is 43.0 Å². The molecule has 36 heavy (non-hydrogen) atoms. The van der Waals surface area contributed by atoms with E-state index >= 15 is 4.39 Å². The summed E-state index contributed by atoms with van der Waals surface area (Å²) in [4.78, 5) is 39.0. The number of nitrogens with zero attached hydrogens (tertiary/aromatic N) is 2. The summed E-state index contributed by atoms with van der Waals surface area (Å²) in [6.07, 6.45) is 3.32. The average Bonchev–Trinajstić information content (AvgIpc) is 3.27. The smallest absolute Gasteiger partial charge is 0.341 e. The van der Waals surface area contributed by atoms with Gasteiger partial charge in [0.1, 0.15) is 22.9 Å². The number of amides is 1. The van der Waals surface area contributed by atoms with Gasteiger partial charge in [0, 0.05) is 12.7 Å². The zero-order valence-electron chi connectivity index (χ0n) is 19.5. The van der Waals surface area contributed by atoms with E-state index in [1.807, 2.05) is 6.92 Å². The predicted molar refractivity (Wildman–Crippen MR) is 135 cm³/mol. The SMILES string of the molecule is CCC[C@@H](N)C(=O)N[C@@H]1CCCN1c1c(F)cc2c(=O)c(C(=O)O)cn3c2c1Oc1ccccc1-3.Cl. The molecule has 1 amide bonds. The number of pyridine rings is 1. The van der Waals surface area contributed by atoms with Crippen molar-refractivity contribution in [2.24, 2.45) is 5.73 Å². The molecule has 0 aliphatic carbocycles. The van der Waals surface area contributed by atoms with Gasteiger partial charge in [0.05, 0.1) is 17.1 Å². The number of carboxylic acids is 1. The zero-order chi connectivity index (χ0) is 24.9. The number of fused-ring (bicyclic) bond motifs is 2. The molecule has 2 atom stereocenters. The molecule has 3 aromatic rings. The molecular formula is C25H26ClFN4O5. The topological polar surface area (TPSA) is 127 Å². The summed E-state index contributed by atoms with van der Waals surface area (Å²) in [7, 11) is 0. The van der Waals surface area contributed by atoms with Crippen LogP contribution in [0.3, 0.4) is 0 Å². The largest absolute Gasteiger partial charge is 0.477 e. The standard InChI is InChI=1S/C25H25FN4O5.ClH/c1-2-6-16(27)24(32)28-19-9-5-10-29(19)21-15(26)11-13-20-23(21)35-18-8-4-3-7-17(18)30(20)12-14(22(13)31)25(33)34;/h3-4,7-8,11-12,16,19H,2,5-6,9-10,27H2,1H3,(H,28,32)(H,33,34);1H/t16-,19+;/m1./s1. The van der Waals surface area contributed by atoms with Crippen LogP contribution in [0.15, 0.2) is 41.3 Å². The van der Waals surface area contributed by atoms with Gasteiger partial charge in [-0.05, 0) is 37.5 Å². The van der Waals surface area contributed by atoms with Crippen molar-refractivity contribution < 1.29 is 23.8 Å². The van der Waals surface area contributed by atoms with E-state index in [1.54, 1.807) is 33.7 Å². The maximum atomic E-state index is 15.7. The molecule has 11 heteroatoms. The van der Waals surface area contributed by atoms with E-state index in [9.17, 15) is 19.5 Å². The zero-order valence-corrected chi connectivity index (χ0v) is 20.3. The highest BCUT2D eigenvalue weighted by Gasteiger charge is 2.35. The van der Waals surface area contributed by atoms with Gasteiger partial charge in [0.25, 0.3) is 0 Å². The maximum Gasteiger partial charge on any atom is 0.341 e. The van der Waals surface area contributed by atoms with Gasteiger partial charge in [-0.25, -0.2) is 9.18 Å². The third-order valence-corrected chi connectivity index (χ3v) is 6.52. The van der Waals surface area contributed by atoms with Gasteiger partial charge in [-0.1, -0.05) is 25.5 Å². The fourth-order valence-corrected chi connectivity index (χ4v) is 4.87. The highest BCUT2D eigenvalue weighted by molar-refractivity contribution is 5.99. The molecule has 9 nitrogen and oxygen atoms in total. The number of aromatic nitrogens is 1. The van der Waals surface area contributed by atoms with E-state index < -0.39 is 35.0 Å². The monoisotopic (exact) mass is 516 g/mol. The van der Waals surface area contributed by atoms with E-state index in [1.165, 1.54) is 6.20 Å². The van der Waals surface area contributed by atoms with Gasteiger partial charge < -0.3 is 30.4 Å². The number of nitrogens with one attached hydrogen (secondary N) is 1. The summed E-state index contributed by atoms with van der Waals surface area (Å²) < 4.78 is 23.4. The van der Waals surface area contributed by atoms with Crippen LogP contribution in [0.2, 0.25) is 0 Å². The Bertz CT molecular complexity index is 1430. The second-order valence-electron chi connectivity index (χ2n) is 8.80. The van der Waals surface area contributed by atoms with E-state index in [0.29, 0.717) is 37.2 Å². The minimum atomic E-state index is -1.40. The number of ether oxygens (including phenoxy) is 1. The number of para-hydroxylation sites is 2. The molecule has 5 rings (SSSR count). The maximum absolute atomic E-state index is 15.7. The van der Waals surface area contributed by atoms with Gasteiger partial charge in [-0.3, -0.25) is 9.59 Å². The second-order valence-corrected chi connectivity index (χ2v) is 8.80. The van der Waals surface area contributed by atoms with Crippen LogP contribution in [0, 0.1) is 5.82 Å². The van der Waals surface area contributed by atoms with Gasteiger partial charge in [-0.2, -0.15) is 0 Å². The molecule has 0 saturated carbocycles. The summed E-state index contributed by atoms with van der Waals surface area (Å²) in [5.74, 6) is -1.96. The number of hydrogen-bond acceptors (Lipinski definition) is 6. The predicted octanol–water partition coefficient (Wildman–Crippen LogP) is 3.53. The Hall–Kier alpha value is -3.63. The molecule has 0 radical (unpaired) electrons. The molecule has 0 bridgehead atoms. The molecule has 190 valence electrons. The number of anilines is 1. The molecule has 1 fully saturated rings. The molecule has 3 heterocycles. The van der Waals surface area contributed by atoms with Crippen LogP contribution >= 0.6 is 12.4 Å². The summed E-state index contributed by atoms with van der Waals surface area (Å²) in [5, 5.41) is 12.4. The molecule has 2 aromatic carbocycles. The van der Waals surface area contributed by atoms with Crippen molar-refractivity contribution in [2.75, 3.05) is 11.4 Å². The molecule has 1 aromatic heterocycles. The summed E-state index contributed by atoms with van der Waals surface area (Å²) in [5.41, 5.74) is 5.62. The van der Waals surface area contributed by atoms with E-state index in [2.05, 4.69) is 5.32 Å². The number of rotatable bonds is 6. The van der Waals surface area contributed by atoms with Gasteiger partial charge >= 0.3 is 5.97 Å². The second kappa shape index (κ2) is 9.79. The summed E-state index contributed by atoms with van der Waals surface area (Å²) in [6, 6.07) is 7.30. The normalized spacial score (nSPS) is 16.6. The molecule has 4 N–H and O–H groups in total. The molecular weight excluding hydrogens is 491 g/mol. The number of carboxylic acid groups (broad SMARTS) is 1. The third-order valence-electron chi connectivity index (χ3n) is 6.52. The highest BCUT2D eigenvalue weighted by Crippen LogP contribution is 2.47. The van der Waals surface area contributed by atoms with Crippen molar-refractivity contribution in [1.29, 1.82) is 0 Å². The van der Waals surface area contributed by atoms with Gasteiger partial charge in [0.2, 0.25) is 11.3 Å². The van der Waals surface area contributed by atoms with E-state index in [0.717, 1.165) is 12.5 Å². The van der Waals surface area contributed by atoms with Crippen LogP contribution in [-0.4, -0.2) is 40.3 Å². The van der Waals surface area contributed by atoms with Crippen LogP contribution in [0.25, 0.3) is 16.6 Å². The molecule has 1 saturated heterocycles. The highest BCUT2D eigenvalue weighted by atomic mass is 35.5. The third kappa shape index (κ3) is 4.06. The summed E-state index contributed by atoms with van der Waals surface area (Å²) >= 11 is 0. The Labute approximate surface area is 212 Å². The average molecular weight is 517 g/mol. The number of hydrogen-bond donors (Lipinski definition) is 3. The number of aromatic carboxylic acids is 1. The first kappa shape index (κ1) is 25.5. The van der Waals surface area contributed by atoms with Gasteiger partial charge in [-0.15, -0.1) is 12.4 Å². The first-order chi connectivity index (χ1) is 16.8. The lowest BCUT2D eigenvalue weighted by molar-refractivity contribution is -0.123. The molecule has 2 aliphatic heterocycles. The molecule has 0 spiro atoms. The minimum absolute atomic E-state index is 0. The number of carbonyl (C=O) groups is 2. The fraction of sp³-hybridized carbons (Fsp3) is 0.320. The Kier molecular flexibility index (Phi) is 6.92. The van der Waals surface area contributed by atoms with E-state index in [4.69, 9.17) is 10.5 Å². The Morgan fingerprint density at radius 1 is 1.33 bits per heavy atom. The first-order valence-electron chi connectivity index (χ1n) is 11.6. The van der Waals surface area contributed by atoms with Crippen LogP contribution in [0.5, 0.6) is 11.5 Å². The molecule has 0 unspecified atom stereocenters. The quantitative estimate of drug-likeness (QED) is 0.358. The van der Waals surface area contributed by atoms with Crippen molar-refractivity contribution in [3.8, 4) is 17.2 Å². The van der Waals surface area contributed by atoms with Crippen LogP contribution in [0.4, 0.5) is 10.1 Å². The number of carbonyl (C=O) groups excluding carboxylic acids is 1. The lowest BCUT2D eigenvalue weighted by atomic mass is 10.1. The van der Waals surface area contributed by atoms with Crippen molar-refractivity contribution in [2.45, 2.75) is 44.8 Å². The van der Waals surface area contributed by atoms with Crippen molar-refractivity contribution in [3.05, 3.63) is 58.1 Å². The first-order valence-corrected chi connectivity index (χ1v) is 11.6. The Morgan fingerprint density at radius 3 is 2.81 bits per heavy atom. The van der Waals surface area contributed by atoms with Crippen molar-refractivity contribution in [1.82, 2.24) is 9.88 Å². The lowest BCUT2D eigenvalue weighted by Gasteiger charge is -2.32.